The summed E-state index contributed by atoms with van der Waals surface area (Å²) in [6, 6.07) is 22.4. The number of methoxy groups -OCH3 is 1. The lowest BCUT2D eigenvalue weighted by molar-refractivity contribution is -0.118. The quantitative estimate of drug-likeness (QED) is 0.380. The molecule has 1 atom stereocenters. The summed E-state index contributed by atoms with van der Waals surface area (Å²) >= 11 is 1.21. The number of hydrogen-bond donors (Lipinski definition) is 3. The second-order valence-electron chi connectivity index (χ2n) is 8.17. The predicted octanol–water partition coefficient (Wildman–Crippen LogP) is 4.67. The molecule has 0 aliphatic carbocycles. The molecule has 4 rings (SSSR count). The molecule has 1 aromatic heterocycles. The van der Waals surface area contributed by atoms with E-state index in [2.05, 4.69) is 22.0 Å². The van der Waals surface area contributed by atoms with Gasteiger partial charge in [-0.05, 0) is 36.8 Å². The highest BCUT2D eigenvalue weighted by molar-refractivity contribution is 8.03. The normalized spacial score (nSPS) is 15.0. The fourth-order valence-electron chi connectivity index (χ4n) is 3.99. The van der Waals surface area contributed by atoms with E-state index in [1.165, 1.54) is 25.1 Å². The van der Waals surface area contributed by atoms with Gasteiger partial charge in [0.05, 0.1) is 53.0 Å². The maximum Gasteiger partial charge on any atom is 0.254 e. The van der Waals surface area contributed by atoms with E-state index in [0.717, 1.165) is 5.56 Å². The summed E-state index contributed by atoms with van der Waals surface area (Å²) in [5.74, 6) is -0.243. The average molecular weight is 515 g/mol. The Bertz CT molecular complexity index is 1370. The van der Waals surface area contributed by atoms with Crippen LogP contribution in [0.5, 0.6) is 5.75 Å². The van der Waals surface area contributed by atoms with Crippen LogP contribution in [0.3, 0.4) is 0 Å². The number of nitriles is 1. The molecule has 2 aromatic carbocycles. The lowest BCUT2D eigenvalue weighted by atomic mass is 9.85. The molecule has 8 nitrogen and oxygen atoms in total. The monoisotopic (exact) mass is 514 g/mol. The van der Waals surface area contributed by atoms with E-state index in [1.807, 2.05) is 36.4 Å². The third-order valence-corrected chi connectivity index (χ3v) is 6.77. The van der Waals surface area contributed by atoms with E-state index >= 15 is 0 Å². The summed E-state index contributed by atoms with van der Waals surface area (Å²) in [5.41, 5.74) is 2.70. The van der Waals surface area contributed by atoms with Crippen LogP contribution in [-0.2, 0) is 16.1 Å². The number of anilines is 1. The van der Waals surface area contributed by atoms with Crippen LogP contribution in [0.25, 0.3) is 0 Å². The molecule has 1 aliphatic rings. The van der Waals surface area contributed by atoms with Gasteiger partial charge in [0.15, 0.2) is 0 Å². The summed E-state index contributed by atoms with van der Waals surface area (Å²) in [5, 5.41) is 19.6. The first kappa shape index (κ1) is 25.7. The molecule has 0 bridgehead atoms. The summed E-state index contributed by atoms with van der Waals surface area (Å²) in [6.07, 6.45) is 1.50. The van der Waals surface area contributed by atoms with Crippen molar-refractivity contribution in [2.75, 3.05) is 18.2 Å². The van der Waals surface area contributed by atoms with E-state index in [9.17, 15) is 14.9 Å². The predicted molar refractivity (Wildman–Crippen MR) is 142 cm³/mol. The van der Waals surface area contributed by atoms with Gasteiger partial charge in [-0.25, -0.2) is 0 Å². The van der Waals surface area contributed by atoms with E-state index in [-0.39, 0.29) is 11.7 Å². The Morgan fingerprint density at radius 2 is 1.86 bits per heavy atom. The van der Waals surface area contributed by atoms with Crippen LogP contribution < -0.4 is 20.7 Å². The number of carbonyl (C=O) groups is 2. The molecule has 0 saturated heterocycles. The Morgan fingerprint density at radius 3 is 2.57 bits per heavy atom. The number of amides is 2. The van der Waals surface area contributed by atoms with Crippen LogP contribution in [0.1, 0.15) is 24.2 Å². The van der Waals surface area contributed by atoms with Crippen molar-refractivity contribution in [3.63, 3.8) is 0 Å². The largest absolute Gasteiger partial charge is 0.495 e. The van der Waals surface area contributed by atoms with Crippen molar-refractivity contribution in [2.45, 2.75) is 19.4 Å². The number of thioether (sulfide) groups is 1. The molecular formula is C28H26N4O4S. The lowest BCUT2D eigenvalue weighted by Gasteiger charge is -2.28. The minimum Gasteiger partial charge on any atom is -0.495 e. The van der Waals surface area contributed by atoms with Gasteiger partial charge in [-0.3, -0.25) is 9.59 Å². The van der Waals surface area contributed by atoms with Crippen molar-refractivity contribution < 1.29 is 18.7 Å². The molecule has 0 unspecified atom stereocenters. The van der Waals surface area contributed by atoms with Gasteiger partial charge in [-0.2, -0.15) is 5.26 Å². The summed E-state index contributed by atoms with van der Waals surface area (Å²) in [6.45, 7) is 2.18. The minimum absolute atomic E-state index is 0.0985. The van der Waals surface area contributed by atoms with E-state index in [1.54, 1.807) is 37.3 Å². The maximum atomic E-state index is 13.5. The molecule has 0 fully saturated rings. The number of dihydropyridines is 1. The molecule has 188 valence electrons. The lowest BCUT2D eigenvalue weighted by Crippen LogP contribution is -2.31. The maximum absolute atomic E-state index is 13.5. The molecule has 9 heteroatoms. The number of furan rings is 1. The highest BCUT2D eigenvalue weighted by Crippen LogP contribution is 2.41. The number of hydrogen-bond acceptors (Lipinski definition) is 7. The van der Waals surface area contributed by atoms with Crippen molar-refractivity contribution in [1.29, 1.82) is 5.26 Å². The van der Waals surface area contributed by atoms with Crippen molar-refractivity contribution in [3.05, 3.63) is 106 Å². The Kier molecular flexibility index (Phi) is 8.33. The highest BCUT2D eigenvalue weighted by atomic mass is 32.2. The van der Waals surface area contributed by atoms with E-state index in [0.29, 0.717) is 45.6 Å². The topological polar surface area (TPSA) is 116 Å². The van der Waals surface area contributed by atoms with Crippen LogP contribution in [0, 0.1) is 11.3 Å². The van der Waals surface area contributed by atoms with E-state index in [4.69, 9.17) is 9.15 Å². The SMILES string of the molecule is COc1ccccc1NC(=O)C1=C(C)NC(SCC(=O)NCc2ccccc2)=C(C#N)[C@H]1c1ccco1. The van der Waals surface area contributed by atoms with Gasteiger partial charge in [0, 0.05) is 12.2 Å². The van der Waals surface area contributed by atoms with Gasteiger partial charge >= 0.3 is 0 Å². The van der Waals surface area contributed by atoms with Crippen molar-refractivity contribution in [3.8, 4) is 11.8 Å². The van der Waals surface area contributed by atoms with Crippen molar-refractivity contribution >= 4 is 29.3 Å². The van der Waals surface area contributed by atoms with Crippen LogP contribution in [0.2, 0.25) is 0 Å². The van der Waals surface area contributed by atoms with Gasteiger partial charge < -0.3 is 25.1 Å². The van der Waals surface area contributed by atoms with Gasteiger partial charge in [0.25, 0.3) is 5.91 Å². The third kappa shape index (κ3) is 6.05. The van der Waals surface area contributed by atoms with Crippen molar-refractivity contribution in [1.82, 2.24) is 10.6 Å². The molecule has 0 spiro atoms. The van der Waals surface area contributed by atoms with Crippen molar-refractivity contribution in [2.24, 2.45) is 0 Å². The second-order valence-corrected chi connectivity index (χ2v) is 9.16. The van der Waals surface area contributed by atoms with Gasteiger partial charge in [-0.1, -0.05) is 54.2 Å². The standard InChI is InChI=1S/C28H26N4O4S/c1-18-25(27(34)32-21-11-6-7-12-22(21)35-2)26(23-13-8-14-36-23)20(15-29)28(31-18)37-17-24(33)30-16-19-9-4-3-5-10-19/h3-14,26,31H,16-17H2,1-2H3,(H,30,33)(H,32,34)/t26-/m0/s1. The molecule has 3 aromatic rings. The van der Waals surface area contributed by atoms with Gasteiger partial charge in [0.1, 0.15) is 11.5 Å². The Labute approximate surface area is 219 Å². The number of para-hydroxylation sites is 2. The number of rotatable bonds is 9. The number of benzene rings is 2. The zero-order valence-corrected chi connectivity index (χ0v) is 21.2. The number of allylic oxidation sites excluding steroid dienone is 2. The second kappa shape index (κ2) is 12.0. The zero-order chi connectivity index (χ0) is 26.2. The van der Waals surface area contributed by atoms with Crippen LogP contribution >= 0.6 is 11.8 Å². The zero-order valence-electron chi connectivity index (χ0n) is 20.4. The number of nitrogens with one attached hydrogen (secondary N) is 3. The third-order valence-electron chi connectivity index (χ3n) is 5.76. The number of nitrogens with zero attached hydrogens (tertiary/aromatic N) is 1. The minimum atomic E-state index is -0.745. The van der Waals surface area contributed by atoms with Crippen LogP contribution in [0.4, 0.5) is 5.69 Å². The van der Waals surface area contributed by atoms with Gasteiger partial charge in [0.2, 0.25) is 5.91 Å². The van der Waals surface area contributed by atoms with E-state index < -0.39 is 11.8 Å². The summed E-state index contributed by atoms with van der Waals surface area (Å²) < 4.78 is 11.0. The Hall–Kier alpha value is -4.42. The Balaban J connectivity index is 1.55. The first-order valence-corrected chi connectivity index (χ1v) is 12.5. The van der Waals surface area contributed by atoms with Gasteiger partial charge in [-0.15, -0.1) is 0 Å². The molecule has 0 saturated carbocycles. The molecule has 1 aliphatic heterocycles. The van der Waals surface area contributed by atoms with Crippen LogP contribution in [0.15, 0.2) is 99.3 Å². The first-order valence-electron chi connectivity index (χ1n) is 11.5. The average Bonchev–Trinajstić information content (AvgIpc) is 3.46. The fraction of sp³-hybridized carbons (Fsp3) is 0.179. The molecular weight excluding hydrogens is 488 g/mol. The first-order chi connectivity index (χ1) is 18.0. The molecule has 0 radical (unpaired) electrons. The molecule has 3 N–H and O–H groups in total. The fourth-order valence-corrected chi connectivity index (χ4v) is 4.91. The molecule has 2 heterocycles. The highest BCUT2D eigenvalue weighted by Gasteiger charge is 2.36. The summed E-state index contributed by atoms with van der Waals surface area (Å²) in [7, 11) is 1.53. The molecule has 37 heavy (non-hydrogen) atoms. The summed E-state index contributed by atoms with van der Waals surface area (Å²) in [4.78, 5) is 26.0. The number of ether oxygens (including phenoxy) is 1. The number of carbonyl (C=O) groups excluding carboxylic acids is 2. The smallest absolute Gasteiger partial charge is 0.254 e. The molecule has 2 amide bonds. The van der Waals surface area contributed by atoms with Crippen LogP contribution in [-0.4, -0.2) is 24.7 Å². The Morgan fingerprint density at radius 1 is 1.11 bits per heavy atom.